The zero-order valence-corrected chi connectivity index (χ0v) is 7.65. The minimum Gasteiger partial charge on any atom is -0.383 e. The van der Waals surface area contributed by atoms with Crippen LogP contribution in [0, 0.1) is 0 Å². The fourth-order valence-corrected chi connectivity index (χ4v) is 1.84. The maximum absolute atomic E-state index is 10.3. The van der Waals surface area contributed by atoms with Crippen LogP contribution < -0.4 is 0 Å². The normalized spacial score (nSPS) is 34.8. The van der Waals surface area contributed by atoms with Crippen LogP contribution in [0.3, 0.4) is 0 Å². The van der Waals surface area contributed by atoms with Crippen molar-refractivity contribution >= 4 is 16.3 Å². The van der Waals surface area contributed by atoms with Gasteiger partial charge in [0, 0.05) is 10.9 Å². The van der Waals surface area contributed by atoms with Gasteiger partial charge in [0.1, 0.15) is 7.85 Å². The van der Waals surface area contributed by atoms with Crippen molar-refractivity contribution in [3.05, 3.63) is 10.4 Å². The summed E-state index contributed by atoms with van der Waals surface area (Å²) >= 11 is 0. The van der Waals surface area contributed by atoms with E-state index in [4.69, 9.17) is 10.3 Å². The Kier molecular flexibility index (Phi) is 3.54. The summed E-state index contributed by atoms with van der Waals surface area (Å²) in [5, 5.41) is 3.59. The van der Waals surface area contributed by atoms with Gasteiger partial charge in [-0.1, -0.05) is 5.11 Å². The predicted octanol–water partition coefficient (Wildman–Crippen LogP) is 0.705. The fraction of sp³-hybridized carbons (Fsp3) is 1.00. The van der Waals surface area contributed by atoms with E-state index in [-0.39, 0.29) is 26.6 Å². The van der Waals surface area contributed by atoms with Gasteiger partial charge in [-0.05, 0) is 12.0 Å². The average molecular weight is 185 g/mol. The maximum atomic E-state index is 10.3. The molecule has 0 bridgehead atoms. The molecule has 5 nitrogen and oxygen atoms in total. The largest absolute Gasteiger partial charge is 0.383 e. The van der Waals surface area contributed by atoms with Crippen LogP contribution in [-0.2, 0) is 9.30 Å². The number of nitrogens with zero attached hydrogens (tertiary/aromatic N) is 3. The third-order valence-corrected chi connectivity index (χ3v) is 2.37. The second kappa shape index (κ2) is 4.46. The molecule has 0 radical (unpaired) electrons. The second-order valence-electron chi connectivity index (χ2n) is 2.80. The highest BCUT2D eigenvalue weighted by molar-refractivity contribution is 7.23. The lowest BCUT2D eigenvalue weighted by molar-refractivity contribution is 0.0987. The van der Waals surface area contributed by atoms with Crippen molar-refractivity contribution < 1.29 is 9.30 Å². The number of azide groups is 1. The van der Waals surface area contributed by atoms with Gasteiger partial charge in [0.2, 0.25) is 0 Å². The molecule has 0 saturated carbocycles. The van der Waals surface area contributed by atoms with Gasteiger partial charge in [0.15, 0.2) is 8.46 Å². The summed E-state index contributed by atoms with van der Waals surface area (Å²) in [5.41, 5.74) is 8.22. The Labute approximate surface area is 72.7 Å². The number of hydrogen-bond acceptors (Lipinski definition) is 3. The molecular formula is C5H9BN3O2P. The Hall–Kier alpha value is -0.565. The lowest BCUT2D eigenvalue weighted by Gasteiger charge is -2.09. The van der Waals surface area contributed by atoms with Crippen LogP contribution in [0.2, 0.25) is 0 Å². The molecule has 1 saturated heterocycles. The lowest BCUT2D eigenvalue weighted by Crippen LogP contribution is -2.20. The highest BCUT2D eigenvalue weighted by atomic mass is 31.1. The highest BCUT2D eigenvalue weighted by Gasteiger charge is 2.31. The van der Waals surface area contributed by atoms with Crippen LogP contribution in [0.4, 0.5) is 0 Å². The molecule has 0 aromatic rings. The van der Waals surface area contributed by atoms with E-state index in [0.29, 0.717) is 6.16 Å². The molecule has 0 amide bonds. The summed E-state index contributed by atoms with van der Waals surface area (Å²) in [4.78, 5) is 2.72. The molecule has 0 aliphatic carbocycles. The third kappa shape index (κ3) is 2.21. The SMILES string of the molecule is B[C@H]1CC(N=[N+]=[N-])[C@@H](CP=O)O1. The molecule has 7 heteroatoms. The maximum Gasteiger partial charge on any atom is 0.157 e. The quantitative estimate of drug-likeness (QED) is 0.213. The van der Waals surface area contributed by atoms with E-state index in [1.807, 2.05) is 7.85 Å². The van der Waals surface area contributed by atoms with E-state index in [2.05, 4.69) is 10.0 Å². The van der Waals surface area contributed by atoms with Crippen molar-refractivity contribution in [2.24, 2.45) is 5.11 Å². The number of hydrogen-bond donors (Lipinski definition) is 0. The van der Waals surface area contributed by atoms with E-state index in [9.17, 15) is 4.57 Å². The van der Waals surface area contributed by atoms with Crippen molar-refractivity contribution in [1.82, 2.24) is 0 Å². The van der Waals surface area contributed by atoms with Crippen molar-refractivity contribution in [2.45, 2.75) is 24.6 Å². The Morgan fingerprint density at radius 2 is 2.58 bits per heavy atom. The number of ether oxygens (including phenoxy) is 1. The molecule has 0 aromatic carbocycles. The summed E-state index contributed by atoms with van der Waals surface area (Å²) in [6.07, 6.45) is 0.966. The molecule has 1 rings (SSSR count). The Morgan fingerprint density at radius 3 is 3.17 bits per heavy atom. The van der Waals surface area contributed by atoms with Gasteiger partial charge in [-0.2, -0.15) is 0 Å². The van der Waals surface area contributed by atoms with Crippen LogP contribution in [-0.4, -0.2) is 32.2 Å². The summed E-state index contributed by atoms with van der Waals surface area (Å²) in [6, 6.07) is -0.0429. The monoisotopic (exact) mass is 185 g/mol. The first-order valence-electron chi connectivity index (χ1n) is 3.76. The molecule has 1 aliphatic rings. The van der Waals surface area contributed by atoms with E-state index < -0.39 is 0 Å². The van der Waals surface area contributed by atoms with Crippen molar-refractivity contribution in [1.29, 1.82) is 0 Å². The Bertz CT molecular complexity index is 221. The van der Waals surface area contributed by atoms with Gasteiger partial charge in [0.25, 0.3) is 0 Å². The molecule has 1 aliphatic heterocycles. The number of rotatable bonds is 3. The molecule has 1 heterocycles. The van der Waals surface area contributed by atoms with E-state index in [1.54, 1.807) is 0 Å². The van der Waals surface area contributed by atoms with E-state index in [1.165, 1.54) is 0 Å². The summed E-state index contributed by atoms with van der Waals surface area (Å²) in [5.74, 6) is 0. The fourth-order valence-electron chi connectivity index (χ4n) is 1.36. The first-order chi connectivity index (χ1) is 5.77. The molecule has 1 unspecified atom stereocenters. The second-order valence-corrected chi connectivity index (χ2v) is 3.43. The van der Waals surface area contributed by atoms with Crippen LogP contribution in [0.25, 0.3) is 10.4 Å². The van der Waals surface area contributed by atoms with Gasteiger partial charge >= 0.3 is 0 Å². The molecule has 12 heavy (non-hydrogen) atoms. The Balaban J connectivity index is 2.58. The molecule has 0 N–H and O–H groups in total. The first kappa shape index (κ1) is 9.52. The molecule has 0 spiro atoms. The van der Waals surface area contributed by atoms with Crippen molar-refractivity contribution in [3.8, 4) is 0 Å². The Morgan fingerprint density at radius 1 is 1.83 bits per heavy atom. The van der Waals surface area contributed by atoms with Crippen LogP contribution in [0.5, 0.6) is 0 Å². The molecule has 3 atom stereocenters. The minimum atomic E-state index is -0.171. The van der Waals surface area contributed by atoms with Gasteiger partial charge in [-0.25, -0.2) is 0 Å². The minimum absolute atomic E-state index is 0.0429. The molecular weight excluding hydrogens is 176 g/mol. The predicted molar refractivity (Wildman–Crippen MR) is 47.2 cm³/mol. The lowest BCUT2D eigenvalue weighted by atomic mass is 9.95. The molecule has 1 fully saturated rings. The van der Waals surface area contributed by atoms with Crippen molar-refractivity contribution in [2.75, 3.05) is 6.16 Å². The van der Waals surface area contributed by atoms with E-state index >= 15 is 0 Å². The summed E-state index contributed by atoms with van der Waals surface area (Å²) < 4.78 is 15.7. The van der Waals surface area contributed by atoms with Gasteiger partial charge in [-0.3, -0.25) is 4.57 Å². The van der Waals surface area contributed by atoms with Gasteiger partial charge in [-0.15, -0.1) is 0 Å². The first-order valence-corrected chi connectivity index (χ1v) is 4.76. The molecule has 0 aromatic heterocycles. The summed E-state index contributed by atoms with van der Waals surface area (Å²) in [6.45, 7) is 0. The zero-order valence-electron chi connectivity index (χ0n) is 6.75. The average Bonchev–Trinajstić information content (AvgIpc) is 2.33. The standard InChI is InChI=1S/C5H9BN3O2P/c6-5-1-3(8-9-7)4(11-5)2-12-10/h3-5H,1-2,6H2/t3?,4-,5-/m1/s1. The van der Waals surface area contributed by atoms with Gasteiger partial charge in [0.05, 0.1) is 18.3 Å². The third-order valence-electron chi connectivity index (χ3n) is 1.86. The summed E-state index contributed by atoms with van der Waals surface area (Å²) in [7, 11) is 1.96. The topological polar surface area (TPSA) is 75.1 Å². The van der Waals surface area contributed by atoms with Crippen LogP contribution >= 0.6 is 8.46 Å². The van der Waals surface area contributed by atoms with Crippen LogP contribution in [0.15, 0.2) is 5.11 Å². The van der Waals surface area contributed by atoms with Crippen LogP contribution in [0.1, 0.15) is 6.42 Å². The molecule has 64 valence electrons. The van der Waals surface area contributed by atoms with E-state index in [0.717, 1.165) is 6.42 Å². The van der Waals surface area contributed by atoms with Crippen molar-refractivity contribution in [3.63, 3.8) is 0 Å². The highest BCUT2D eigenvalue weighted by Crippen LogP contribution is 2.23. The zero-order chi connectivity index (χ0) is 8.97. The van der Waals surface area contributed by atoms with Gasteiger partial charge < -0.3 is 4.74 Å². The smallest absolute Gasteiger partial charge is 0.157 e.